The third kappa shape index (κ3) is 6.25. The summed E-state index contributed by atoms with van der Waals surface area (Å²) < 4.78 is 15.3. The molecule has 0 unspecified atom stereocenters. The Morgan fingerprint density at radius 2 is 1.81 bits per heavy atom. The van der Waals surface area contributed by atoms with Crippen molar-refractivity contribution in [3.05, 3.63) is 29.8 Å². The smallest absolute Gasteiger partial charge is 0.338 e. The van der Waals surface area contributed by atoms with Crippen molar-refractivity contribution in [1.82, 2.24) is 5.32 Å². The molecule has 1 amide bonds. The third-order valence-corrected chi connectivity index (χ3v) is 3.65. The fourth-order valence-corrected chi connectivity index (χ4v) is 2.40. The second kappa shape index (κ2) is 8.39. The molecule has 8 heteroatoms. The lowest BCUT2D eigenvalue weighted by Crippen LogP contribution is -2.47. The topological polar surface area (TPSA) is 114 Å². The van der Waals surface area contributed by atoms with Crippen LogP contribution in [0, 0.1) is 0 Å². The van der Waals surface area contributed by atoms with Crippen molar-refractivity contribution in [1.29, 1.82) is 0 Å². The first-order valence-corrected chi connectivity index (χ1v) is 8.74. The number of carbonyl (C=O) groups is 3. The van der Waals surface area contributed by atoms with Crippen LogP contribution < -0.4 is 5.32 Å². The molecule has 0 bridgehead atoms. The van der Waals surface area contributed by atoms with Crippen LogP contribution in [0.1, 0.15) is 33.3 Å². The number of ether oxygens (including phenoxy) is 3. The van der Waals surface area contributed by atoms with Crippen molar-refractivity contribution in [2.75, 3.05) is 6.61 Å². The number of phenols is 1. The quantitative estimate of drug-likeness (QED) is 0.538. The number of carbonyl (C=O) groups excluding carboxylic acids is 3. The molecular weight excluding hydrogens is 354 g/mol. The summed E-state index contributed by atoms with van der Waals surface area (Å²) in [4.78, 5) is 36.5. The van der Waals surface area contributed by atoms with Crippen LogP contribution in [0.5, 0.6) is 5.75 Å². The molecule has 3 atom stereocenters. The maximum absolute atomic E-state index is 12.5. The van der Waals surface area contributed by atoms with Crippen molar-refractivity contribution >= 4 is 17.8 Å². The Morgan fingerprint density at radius 3 is 2.37 bits per heavy atom. The van der Waals surface area contributed by atoms with Gasteiger partial charge in [0.2, 0.25) is 0 Å². The molecule has 2 N–H and O–H groups in total. The zero-order chi connectivity index (χ0) is 20.2. The Bertz CT molecular complexity index is 693. The maximum atomic E-state index is 12.5. The van der Waals surface area contributed by atoms with E-state index in [1.165, 1.54) is 12.1 Å². The van der Waals surface area contributed by atoms with Gasteiger partial charge >= 0.3 is 11.9 Å². The van der Waals surface area contributed by atoms with Gasteiger partial charge in [0.15, 0.2) is 12.2 Å². The van der Waals surface area contributed by atoms with Gasteiger partial charge in [-0.05, 0) is 45.4 Å². The van der Waals surface area contributed by atoms with E-state index in [1.54, 1.807) is 39.8 Å². The van der Waals surface area contributed by atoms with Gasteiger partial charge in [-0.2, -0.15) is 0 Å². The summed E-state index contributed by atoms with van der Waals surface area (Å²) >= 11 is 0. The molecule has 1 aliphatic rings. The zero-order valence-corrected chi connectivity index (χ0v) is 15.9. The first kappa shape index (κ1) is 20.7. The van der Waals surface area contributed by atoms with Gasteiger partial charge in [-0.3, -0.25) is 4.79 Å². The molecule has 27 heavy (non-hydrogen) atoms. The lowest BCUT2D eigenvalue weighted by Gasteiger charge is -2.24. The summed E-state index contributed by atoms with van der Waals surface area (Å²) in [5.74, 6) is -1.69. The van der Waals surface area contributed by atoms with E-state index in [0.29, 0.717) is 0 Å². The molecular formula is C19H25NO7. The minimum atomic E-state index is -0.978. The van der Waals surface area contributed by atoms with Gasteiger partial charge in [-0.25, -0.2) is 9.59 Å². The Morgan fingerprint density at radius 1 is 1.19 bits per heavy atom. The molecule has 1 aromatic rings. The van der Waals surface area contributed by atoms with Crippen LogP contribution in [0.2, 0.25) is 0 Å². The van der Waals surface area contributed by atoms with Crippen LogP contribution in [-0.4, -0.2) is 53.4 Å². The van der Waals surface area contributed by atoms with Crippen molar-refractivity contribution in [2.45, 2.75) is 58.0 Å². The standard InChI is InChI=1S/C19H25NO7/c1-5-25-18(24)15-14(26-15)16(22)20-13(17(23)27-19(2,3)4)10-11-6-8-12(21)9-7-11/h6-9,13-15,21H,5,10H2,1-4H3,(H,20,22)/t13-,14-,15-/m0/s1. The van der Waals surface area contributed by atoms with Crippen LogP contribution in [0.15, 0.2) is 24.3 Å². The zero-order valence-electron chi connectivity index (χ0n) is 15.9. The van der Waals surface area contributed by atoms with Gasteiger partial charge < -0.3 is 24.6 Å². The van der Waals surface area contributed by atoms with Crippen molar-refractivity contribution < 1.29 is 33.7 Å². The molecule has 0 aromatic heterocycles. The number of hydrogen-bond donors (Lipinski definition) is 2. The van der Waals surface area contributed by atoms with Gasteiger partial charge in [0, 0.05) is 6.42 Å². The molecule has 1 heterocycles. The Kier molecular flexibility index (Phi) is 6.43. The lowest BCUT2D eigenvalue weighted by molar-refractivity contribution is -0.158. The highest BCUT2D eigenvalue weighted by atomic mass is 16.6. The minimum Gasteiger partial charge on any atom is -0.508 e. The van der Waals surface area contributed by atoms with Crippen molar-refractivity contribution in [3.8, 4) is 5.75 Å². The fraction of sp³-hybridized carbons (Fsp3) is 0.526. The second-order valence-electron chi connectivity index (χ2n) is 7.19. The van der Waals surface area contributed by atoms with Crippen LogP contribution in [-0.2, 0) is 35.0 Å². The van der Waals surface area contributed by atoms with Gasteiger partial charge in [0.05, 0.1) is 6.61 Å². The number of esters is 2. The van der Waals surface area contributed by atoms with Crippen molar-refractivity contribution in [2.24, 2.45) is 0 Å². The Hall–Kier alpha value is -2.61. The molecule has 1 saturated heterocycles. The van der Waals surface area contributed by atoms with Crippen molar-refractivity contribution in [3.63, 3.8) is 0 Å². The summed E-state index contributed by atoms with van der Waals surface area (Å²) in [6, 6.07) is 5.31. The van der Waals surface area contributed by atoms with Crippen LogP contribution >= 0.6 is 0 Å². The normalized spacial score (nSPS) is 19.7. The van der Waals surface area contributed by atoms with E-state index in [9.17, 15) is 19.5 Å². The molecule has 148 valence electrons. The highest BCUT2D eigenvalue weighted by Crippen LogP contribution is 2.24. The minimum absolute atomic E-state index is 0.0975. The predicted molar refractivity (Wildman–Crippen MR) is 94.9 cm³/mol. The summed E-state index contributed by atoms with van der Waals surface area (Å²) in [6.07, 6.45) is -1.76. The number of phenolic OH excluding ortho intramolecular Hbond substituents is 1. The molecule has 1 fully saturated rings. The predicted octanol–water partition coefficient (Wildman–Crippen LogP) is 1.09. The average Bonchev–Trinajstić information content (AvgIpc) is 3.35. The maximum Gasteiger partial charge on any atom is 0.338 e. The molecule has 8 nitrogen and oxygen atoms in total. The van der Waals surface area contributed by atoms with E-state index in [4.69, 9.17) is 14.2 Å². The number of rotatable bonds is 7. The van der Waals surface area contributed by atoms with E-state index in [2.05, 4.69) is 5.32 Å². The van der Waals surface area contributed by atoms with Crippen LogP contribution in [0.25, 0.3) is 0 Å². The monoisotopic (exact) mass is 379 g/mol. The molecule has 0 spiro atoms. The van der Waals surface area contributed by atoms with Crippen LogP contribution in [0.4, 0.5) is 0 Å². The van der Waals surface area contributed by atoms with E-state index >= 15 is 0 Å². The van der Waals surface area contributed by atoms with E-state index < -0.39 is 41.7 Å². The van der Waals surface area contributed by atoms with E-state index in [1.807, 2.05) is 0 Å². The summed E-state index contributed by atoms with van der Waals surface area (Å²) in [6.45, 7) is 7.03. The number of benzene rings is 1. The van der Waals surface area contributed by atoms with Gasteiger partial charge in [0.1, 0.15) is 17.4 Å². The second-order valence-corrected chi connectivity index (χ2v) is 7.19. The molecule has 0 radical (unpaired) electrons. The SMILES string of the molecule is CCOC(=O)[C@H]1O[C@@H]1C(=O)N[C@@H](Cc1ccc(O)cc1)C(=O)OC(C)(C)C. The number of aromatic hydroxyl groups is 1. The molecule has 2 rings (SSSR count). The fourth-order valence-electron chi connectivity index (χ4n) is 2.40. The average molecular weight is 379 g/mol. The van der Waals surface area contributed by atoms with E-state index in [0.717, 1.165) is 5.56 Å². The summed E-state index contributed by atoms with van der Waals surface area (Å²) in [7, 11) is 0. The Labute approximate surface area is 157 Å². The number of amides is 1. The third-order valence-electron chi connectivity index (χ3n) is 3.65. The van der Waals surface area contributed by atoms with Gasteiger partial charge in [-0.15, -0.1) is 0 Å². The van der Waals surface area contributed by atoms with E-state index in [-0.39, 0.29) is 18.8 Å². The Balaban J connectivity index is 2.05. The molecule has 1 aliphatic heterocycles. The highest BCUT2D eigenvalue weighted by Gasteiger charge is 2.52. The van der Waals surface area contributed by atoms with Gasteiger partial charge in [0.25, 0.3) is 5.91 Å². The largest absolute Gasteiger partial charge is 0.508 e. The summed E-state index contributed by atoms with van der Waals surface area (Å²) in [5.41, 5.74) is 0.001000. The number of hydrogen-bond acceptors (Lipinski definition) is 7. The highest BCUT2D eigenvalue weighted by molar-refractivity contribution is 5.94. The number of nitrogens with one attached hydrogen (secondary N) is 1. The molecule has 1 aromatic carbocycles. The first-order chi connectivity index (χ1) is 12.6. The summed E-state index contributed by atoms with van der Waals surface area (Å²) in [5, 5.41) is 12.0. The van der Waals surface area contributed by atoms with Gasteiger partial charge in [-0.1, -0.05) is 12.1 Å². The lowest BCUT2D eigenvalue weighted by atomic mass is 10.0. The molecule has 0 saturated carbocycles. The first-order valence-electron chi connectivity index (χ1n) is 8.74. The molecule has 0 aliphatic carbocycles. The van der Waals surface area contributed by atoms with Crippen LogP contribution in [0.3, 0.4) is 0 Å². The number of epoxide rings is 1.